The minimum absolute atomic E-state index is 0.0204. The lowest BCUT2D eigenvalue weighted by Gasteiger charge is -2.38. The number of benzene rings is 4. The number of rotatable bonds is 23. The fourth-order valence-electron chi connectivity index (χ4n) is 8.31. The predicted molar refractivity (Wildman–Crippen MR) is 272 cm³/mol. The van der Waals surface area contributed by atoms with Crippen LogP contribution in [-0.4, -0.2) is 139 Å². The normalized spacial score (nSPS) is 19.1. The van der Waals surface area contributed by atoms with Gasteiger partial charge in [0.15, 0.2) is 24.9 Å². The van der Waals surface area contributed by atoms with Gasteiger partial charge >= 0.3 is 0 Å². The Morgan fingerprint density at radius 3 is 2.13 bits per heavy atom. The van der Waals surface area contributed by atoms with Crippen LogP contribution in [0.4, 0.5) is 5.95 Å². The summed E-state index contributed by atoms with van der Waals surface area (Å²) in [5.74, 6) is 2.78. The first-order valence-electron chi connectivity index (χ1n) is 22.7. The minimum Gasteiger partial charge on any atom is -0.497 e. The molecule has 2 aliphatic rings. The lowest BCUT2D eigenvalue weighted by molar-refractivity contribution is -0.0964. The highest BCUT2D eigenvalue weighted by molar-refractivity contribution is 8.53. The number of methoxy groups -OCH3 is 3. The molecular weight excluding hydrogens is 938 g/mol. The molecule has 0 spiro atoms. The van der Waals surface area contributed by atoms with Crippen molar-refractivity contribution in [2.45, 2.75) is 43.0 Å². The molecule has 4 heterocycles. The molecule has 2 saturated heterocycles. The summed E-state index contributed by atoms with van der Waals surface area (Å²) in [6.45, 7) is 2.27. The van der Waals surface area contributed by atoms with Crippen molar-refractivity contribution in [3.8, 4) is 11.5 Å². The monoisotopic (exact) mass is 995 g/mol. The third-order valence-corrected chi connectivity index (χ3v) is 16.9. The fraction of sp³-hybridized carbons (Fsp3) is 0.380. The molecule has 0 radical (unpaired) electrons. The highest BCUT2D eigenvalue weighted by Gasteiger charge is 2.51. The molecule has 4 aromatic carbocycles. The van der Waals surface area contributed by atoms with Gasteiger partial charge in [-0.05, 0) is 53.8 Å². The summed E-state index contributed by atoms with van der Waals surface area (Å²) in [6.07, 6.45) is 2.05. The van der Waals surface area contributed by atoms with Crippen molar-refractivity contribution >= 4 is 59.2 Å². The van der Waals surface area contributed by atoms with E-state index in [4.69, 9.17) is 37.9 Å². The molecule has 2 unspecified atom stereocenters. The number of carbonyl (C=O) groups is 1. The van der Waals surface area contributed by atoms with Gasteiger partial charge in [0.2, 0.25) is 11.1 Å². The van der Waals surface area contributed by atoms with E-state index in [9.17, 15) is 9.59 Å². The number of imidazole rings is 1. The van der Waals surface area contributed by atoms with Crippen LogP contribution < -0.4 is 15.0 Å². The van der Waals surface area contributed by atoms with E-state index in [2.05, 4.69) is 31.8 Å². The third-order valence-electron chi connectivity index (χ3n) is 11.7. The van der Waals surface area contributed by atoms with Gasteiger partial charge in [-0.2, -0.15) is 4.98 Å². The first-order valence-corrected chi connectivity index (χ1v) is 26.5. The largest absolute Gasteiger partial charge is 0.497 e. The molecule has 8 rings (SSSR count). The molecular formula is C50H58N7O9PS2. The molecule has 0 bridgehead atoms. The Morgan fingerprint density at radius 2 is 1.51 bits per heavy atom. The van der Waals surface area contributed by atoms with Crippen molar-refractivity contribution in [3.63, 3.8) is 0 Å². The average molecular weight is 996 g/mol. The average Bonchev–Trinajstić information content (AvgIpc) is 4.16. The minimum atomic E-state index is -1.31. The second-order valence-electron chi connectivity index (χ2n) is 16.4. The number of hydrogen-bond acceptors (Lipinski definition) is 15. The maximum absolute atomic E-state index is 13.5. The van der Waals surface area contributed by atoms with Crippen LogP contribution in [0.15, 0.2) is 125 Å². The molecule has 6 aromatic rings. The van der Waals surface area contributed by atoms with E-state index in [1.807, 2.05) is 111 Å². The molecule has 19 heteroatoms. The van der Waals surface area contributed by atoms with Crippen LogP contribution in [0.25, 0.3) is 11.2 Å². The highest BCUT2D eigenvalue weighted by atomic mass is 32.7. The number of aromatic nitrogens is 4. The van der Waals surface area contributed by atoms with Crippen molar-refractivity contribution in [1.82, 2.24) is 29.1 Å². The summed E-state index contributed by atoms with van der Waals surface area (Å²) in [5.41, 5.74) is 2.03. The van der Waals surface area contributed by atoms with Gasteiger partial charge in [0.1, 0.15) is 35.4 Å². The number of ether oxygens (including phenoxy) is 6. The summed E-state index contributed by atoms with van der Waals surface area (Å²) in [6, 6.07) is 35.2. The van der Waals surface area contributed by atoms with Gasteiger partial charge in [-0.25, -0.2) is 9.98 Å². The van der Waals surface area contributed by atoms with Gasteiger partial charge in [0, 0.05) is 51.4 Å². The quantitative estimate of drug-likeness (QED) is 0.0214. The first-order chi connectivity index (χ1) is 33.7. The molecule has 0 saturated carbocycles. The Labute approximate surface area is 411 Å². The van der Waals surface area contributed by atoms with Gasteiger partial charge in [0.25, 0.3) is 5.56 Å². The lowest BCUT2D eigenvalue weighted by Crippen LogP contribution is -2.41. The summed E-state index contributed by atoms with van der Waals surface area (Å²) in [7, 11) is 7.25. The van der Waals surface area contributed by atoms with E-state index in [0.717, 1.165) is 42.6 Å². The van der Waals surface area contributed by atoms with Crippen molar-refractivity contribution in [3.05, 3.63) is 148 Å². The van der Waals surface area contributed by atoms with E-state index in [1.54, 1.807) is 54.8 Å². The lowest BCUT2D eigenvalue weighted by atomic mass is 9.80. The molecule has 1 N–H and O–H groups in total. The van der Waals surface area contributed by atoms with Gasteiger partial charge in [0.05, 0.1) is 46.7 Å². The number of thioether (sulfide) groups is 1. The summed E-state index contributed by atoms with van der Waals surface area (Å²) < 4.78 is 49.8. The predicted octanol–water partition coefficient (Wildman–Crippen LogP) is 8.31. The molecule has 16 nitrogen and oxygen atoms in total. The summed E-state index contributed by atoms with van der Waals surface area (Å²) in [4.78, 5) is 44.8. The number of carbonyl (C=O) groups excluding carboxylic acids is 1. The second-order valence-corrected chi connectivity index (χ2v) is 21.1. The maximum Gasteiger partial charge on any atom is 0.280 e. The second kappa shape index (κ2) is 24.1. The molecule has 69 heavy (non-hydrogen) atoms. The standard InChI is InChI=1S/C50H58N7O9PS2/c1-55(2)33-52-49-53-45-42(46(58)54-49)51-34-57(45)47-44(63-29-28-60-3)43(66-67(56-26-12-13-27-56)69-31-30-68-48(59)35-14-8-6-9-15-35)41(65-47)32-64-50(36-16-10-7-11-17-36,37-18-22-39(61-4)23-19-37)38-20-24-40(62-5)25-21-38/h6-11,14-25,33-34,41,43-44,47H,12-13,26-32H2,1-5H3,(H,53,54,58)/t41-,43+,44?,47-,67?/m1/s1. The van der Waals surface area contributed by atoms with E-state index in [0.29, 0.717) is 35.2 Å². The van der Waals surface area contributed by atoms with Gasteiger partial charge in [-0.15, -0.1) is 0 Å². The van der Waals surface area contributed by atoms with Crippen molar-refractivity contribution in [2.24, 2.45) is 4.99 Å². The molecule has 5 atom stereocenters. The van der Waals surface area contributed by atoms with Crippen LogP contribution in [0, 0.1) is 0 Å². The van der Waals surface area contributed by atoms with Crippen LogP contribution in [0.3, 0.4) is 0 Å². The van der Waals surface area contributed by atoms with Gasteiger partial charge < -0.3 is 37.8 Å². The molecule has 364 valence electrons. The zero-order chi connectivity index (χ0) is 48.2. The number of hydrogen-bond donors (Lipinski definition) is 1. The number of H-pyrrole nitrogens is 1. The Kier molecular flexibility index (Phi) is 17.6. The number of aromatic amines is 1. The Bertz CT molecular complexity index is 2610. The summed E-state index contributed by atoms with van der Waals surface area (Å²) >= 11 is 3.01. The Balaban J connectivity index is 1.21. The van der Waals surface area contributed by atoms with Crippen molar-refractivity contribution in [2.75, 3.05) is 79.8 Å². The topological polar surface area (TPSA) is 164 Å². The highest BCUT2D eigenvalue weighted by Crippen LogP contribution is 2.58. The number of fused-ring (bicyclic) bond motifs is 1. The molecule has 2 aliphatic heterocycles. The molecule has 2 fully saturated rings. The molecule has 0 amide bonds. The zero-order valence-electron chi connectivity index (χ0n) is 39.3. The van der Waals surface area contributed by atoms with Gasteiger partial charge in [-0.1, -0.05) is 108 Å². The Hall–Kier alpha value is -5.14. The van der Waals surface area contributed by atoms with E-state index in [1.165, 1.54) is 11.8 Å². The van der Waals surface area contributed by atoms with Crippen LogP contribution >= 0.6 is 30.6 Å². The zero-order valence-corrected chi connectivity index (χ0v) is 41.9. The Morgan fingerprint density at radius 1 is 0.870 bits per heavy atom. The van der Waals surface area contributed by atoms with E-state index in [-0.39, 0.29) is 35.4 Å². The van der Waals surface area contributed by atoms with Crippen molar-refractivity contribution < 1.29 is 37.7 Å². The summed E-state index contributed by atoms with van der Waals surface area (Å²) in [5, 5.41) is 0.0321. The van der Waals surface area contributed by atoms with E-state index >= 15 is 0 Å². The number of nitrogens with one attached hydrogen (secondary N) is 1. The van der Waals surface area contributed by atoms with Crippen LogP contribution in [0.2, 0.25) is 0 Å². The fourth-order valence-corrected chi connectivity index (χ4v) is 13.6. The SMILES string of the molecule is COCCOC1[C@@H](OP(SCCSC(=O)c2ccccc2)N2CCCC2)[C@@H](COC(c2ccccc2)(c2ccc(OC)cc2)c2ccc(OC)cc2)O[C@H]1n1cnc2c(=O)[nH]c(N=CN(C)C)nc21. The smallest absolute Gasteiger partial charge is 0.280 e. The molecule has 0 aliphatic carbocycles. The van der Waals surface area contributed by atoms with Gasteiger partial charge in [-0.3, -0.25) is 23.8 Å². The third kappa shape index (κ3) is 11.9. The number of aliphatic imine (C=N–C) groups is 1. The maximum atomic E-state index is 13.5. The van der Waals surface area contributed by atoms with Crippen LogP contribution in [0.1, 0.15) is 46.1 Å². The van der Waals surface area contributed by atoms with Crippen molar-refractivity contribution in [1.29, 1.82) is 0 Å². The first kappa shape index (κ1) is 50.3. The number of nitrogens with zero attached hydrogens (tertiary/aromatic N) is 6. The molecule has 2 aromatic heterocycles. The van der Waals surface area contributed by atoms with Crippen LogP contribution in [-0.2, 0) is 29.1 Å². The van der Waals surface area contributed by atoms with E-state index < -0.39 is 43.2 Å². The van der Waals surface area contributed by atoms with Crippen LogP contribution in [0.5, 0.6) is 11.5 Å².